The number of aliphatic hydroxyl groups is 1. The minimum Gasteiger partial charge on any atom is -0.393 e. The van der Waals surface area contributed by atoms with Gasteiger partial charge in [-0.05, 0) is 51.0 Å². The van der Waals surface area contributed by atoms with Crippen LogP contribution in [0.15, 0.2) is 12.3 Å². The lowest BCUT2D eigenvalue weighted by Gasteiger charge is -2.41. The van der Waals surface area contributed by atoms with E-state index in [1.807, 2.05) is 4.90 Å². The van der Waals surface area contributed by atoms with Crippen LogP contribution >= 0.6 is 0 Å². The molecule has 3 heterocycles. The van der Waals surface area contributed by atoms with Gasteiger partial charge in [0.25, 0.3) is 0 Å². The van der Waals surface area contributed by atoms with E-state index in [9.17, 15) is 27.5 Å². The Morgan fingerprint density at radius 1 is 1.14 bits per heavy atom. The summed E-state index contributed by atoms with van der Waals surface area (Å²) in [5.41, 5.74) is -2.03. The maximum absolute atomic E-state index is 14.6. The largest absolute Gasteiger partial charge is 0.419 e. The summed E-state index contributed by atoms with van der Waals surface area (Å²) in [6.45, 7) is 1.16. The number of carbonyl (C=O) groups is 1. The van der Waals surface area contributed by atoms with E-state index < -0.39 is 23.0 Å². The Bertz CT molecular complexity index is 779. The fraction of sp³-hybridized carbons (Fsp3) is 0.700. The molecular weight excluding hydrogens is 390 g/mol. The van der Waals surface area contributed by atoms with Gasteiger partial charge in [0.15, 0.2) is 11.6 Å². The lowest BCUT2D eigenvalue weighted by molar-refractivity contribution is -0.140. The molecule has 0 aromatic carbocycles. The molecule has 0 unspecified atom stereocenters. The summed E-state index contributed by atoms with van der Waals surface area (Å²) in [4.78, 5) is 20.5. The second-order valence-corrected chi connectivity index (χ2v) is 8.51. The predicted octanol–water partition coefficient (Wildman–Crippen LogP) is 3.36. The van der Waals surface area contributed by atoms with Crippen molar-refractivity contribution in [2.45, 2.75) is 63.3 Å². The number of alkyl halides is 3. The van der Waals surface area contributed by atoms with Crippen LogP contribution in [0.1, 0.15) is 50.5 Å². The first-order valence-corrected chi connectivity index (χ1v) is 10.2. The van der Waals surface area contributed by atoms with Crippen LogP contribution in [-0.2, 0) is 11.0 Å². The zero-order valence-electron chi connectivity index (χ0n) is 16.1. The van der Waals surface area contributed by atoms with E-state index in [2.05, 4.69) is 4.98 Å². The minimum atomic E-state index is -4.79. The number of hydrogen-bond acceptors (Lipinski definition) is 4. The SMILES string of the molecule is O=C1N([C@H]2CC[C@H](O)CC2)CC[C@]12CCCN(c1nccc(C(F)(F)F)c1F)C2. The summed E-state index contributed by atoms with van der Waals surface area (Å²) >= 11 is 0. The van der Waals surface area contributed by atoms with Gasteiger partial charge in [-0.2, -0.15) is 13.2 Å². The molecule has 1 amide bonds. The van der Waals surface area contributed by atoms with Gasteiger partial charge >= 0.3 is 6.18 Å². The Kier molecular flexibility index (Phi) is 5.21. The molecular formula is C20H25F4N3O2. The van der Waals surface area contributed by atoms with Gasteiger partial charge in [-0.15, -0.1) is 0 Å². The lowest BCUT2D eigenvalue weighted by atomic mass is 9.78. The van der Waals surface area contributed by atoms with Crippen molar-refractivity contribution in [1.82, 2.24) is 9.88 Å². The molecule has 1 N–H and O–H groups in total. The van der Waals surface area contributed by atoms with Gasteiger partial charge in [-0.25, -0.2) is 9.37 Å². The average molecular weight is 415 g/mol. The first-order chi connectivity index (χ1) is 13.7. The zero-order valence-corrected chi connectivity index (χ0v) is 16.1. The fourth-order valence-corrected chi connectivity index (χ4v) is 5.13. The number of halogens is 4. The molecule has 1 saturated carbocycles. The van der Waals surface area contributed by atoms with Crippen LogP contribution < -0.4 is 4.90 Å². The lowest BCUT2D eigenvalue weighted by Crippen LogP contribution is -2.50. The Morgan fingerprint density at radius 3 is 2.55 bits per heavy atom. The van der Waals surface area contributed by atoms with E-state index in [1.54, 1.807) is 0 Å². The molecule has 2 saturated heterocycles. The number of aliphatic hydroxyl groups excluding tert-OH is 1. The average Bonchev–Trinajstić information content (AvgIpc) is 2.98. The van der Waals surface area contributed by atoms with Crippen molar-refractivity contribution in [3.63, 3.8) is 0 Å². The molecule has 4 rings (SSSR count). The summed E-state index contributed by atoms with van der Waals surface area (Å²) in [6, 6.07) is 0.738. The van der Waals surface area contributed by atoms with Crippen LogP contribution in [0.3, 0.4) is 0 Å². The highest BCUT2D eigenvalue weighted by atomic mass is 19.4. The third-order valence-electron chi connectivity index (χ3n) is 6.71. The highest BCUT2D eigenvalue weighted by molar-refractivity contribution is 5.86. The van der Waals surface area contributed by atoms with Crippen LogP contribution in [0.25, 0.3) is 0 Å². The Balaban J connectivity index is 1.54. The topological polar surface area (TPSA) is 56.7 Å². The quantitative estimate of drug-likeness (QED) is 0.753. The summed E-state index contributed by atoms with van der Waals surface area (Å²) in [5.74, 6) is -1.69. The number of nitrogens with zero attached hydrogens (tertiary/aromatic N) is 3. The number of likely N-dealkylation sites (tertiary alicyclic amines) is 1. The predicted molar refractivity (Wildman–Crippen MR) is 97.7 cm³/mol. The first-order valence-electron chi connectivity index (χ1n) is 10.2. The molecule has 1 aromatic rings. The number of piperidine rings is 1. The standard InChI is InChI=1S/C20H25F4N3O2/c21-16-15(20(22,23)24)6-9-25-17(16)26-10-1-7-19(12-26)8-11-27(18(19)29)13-2-4-14(28)5-3-13/h6,9,13-14,28H,1-5,7-8,10-12H2/t13-,14-,19-/m0/s1. The third kappa shape index (κ3) is 3.69. The number of pyridine rings is 1. The van der Waals surface area contributed by atoms with Crippen LogP contribution in [-0.4, -0.2) is 52.7 Å². The Hall–Kier alpha value is -1.90. The number of rotatable bonds is 2. The van der Waals surface area contributed by atoms with Crippen molar-refractivity contribution in [1.29, 1.82) is 0 Å². The summed E-state index contributed by atoms with van der Waals surface area (Å²) in [7, 11) is 0. The van der Waals surface area contributed by atoms with Gasteiger partial charge in [0.1, 0.15) is 0 Å². The van der Waals surface area contributed by atoms with Gasteiger partial charge in [-0.1, -0.05) is 0 Å². The molecule has 1 aromatic heterocycles. The molecule has 0 radical (unpaired) electrons. The highest BCUT2D eigenvalue weighted by Crippen LogP contribution is 2.44. The smallest absolute Gasteiger partial charge is 0.393 e. The second kappa shape index (κ2) is 7.41. The van der Waals surface area contributed by atoms with Crippen LogP contribution in [0, 0.1) is 11.2 Å². The van der Waals surface area contributed by atoms with E-state index in [4.69, 9.17) is 0 Å². The Morgan fingerprint density at radius 2 is 1.86 bits per heavy atom. The maximum atomic E-state index is 14.6. The van der Waals surface area contributed by atoms with Crippen LogP contribution in [0.5, 0.6) is 0 Å². The number of amides is 1. The van der Waals surface area contributed by atoms with E-state index in [0.717, 1.165) is 19.0 Å². The van der Waals surface area contributed by atoms with E-state index >= 15 is 0 Å². The zero-order chi connectivity index (χ0) is 20.8. The van der Waals surface area contributed by atoms with Crippen molar-refractivity contribution in [2.24, 2.45) is 5.41 Å². The molecule has 0 bridgehead atoms. The summed E-state index contributed by atoms with van der Waals surface area (Å²) in [6.07, 6.45) is 0.599. The molecule has 1 spiro atoms. The summed E-state index contributed by atoms with van der Waals surface area (Å²) < 4.78 is 53.8. The molecule has 1 aliphatic carbocycles. The number of aromatic nitrogens is 1. The van der Waals surface area contributed by atoms with Gasteiger partial charge < -0.3 is 14.9 Å². The second-order valence-electron chi connectivity index (χ2n) is 8.51. The van der Waals surface area contributed by atoms with E-state index in [-0.39, 0.29) is 30.4 Å². The van der Waals surface area contributed by atoms with Crippen molar-refractivity contribution >= 4 is 11.7 Å². The van der Waals surface area contributed by atoms with Crippen LogP contribution in [0.2, 0.25) is 0 Å². The van der Waals surface area contributed by atoms with Gasteiger partial charge in [-0.3, -0.25) is 4.79 Å². The van der Waals surface area contributed by atoms with E-state index in [1.165, 1.54) is 4.90 Å². The maximum Gasteiger partial charge on any atom is 0.419 e. The van der Waals surface area contributed by atoms with Crippen molar-refractivity contribution < 1.29 is 27.5 Å². The van der Waals surface area contributed by atoms with Crippen molar-refractivity contribution in [3.8, 4) is 0 Å². The van der Waals surface area contributed by atoms with Crippen molar-refractivity contribution in [3.05, 3.63) is 23.6 Å². The van der Waals surface area contributed by atoms with Crippen molar-refractivity contribution in [2.75, 3.05) is 24.5 Å². The van der Waals surface area contributed by atoms with Crippen LogP contribution in [0.4, 0.5) is 23.4 Å². The Labute approximate surface area is 166 Å². The number of anilines is 1. The summed E-state index contributed by atoms with van der Waals surface area (Å²) in [5, 5.41) is 9.71. The fourth-order valence-electron chi connectivity index (χ4n) is 5.13. The molecule has 9 heteroatoms. The first kappa shape index (κ1) is 20.4. The van der Waals surface area contributed by atoms with Gasteiger partial charge in [0, 0.05) is 31.9 Å². The number of carbonyl (C=O) groups excluding carboxylic acids is 1. The molecule has 5 nitrogen and oxygen atoms in total. The molecule has 3 aliphatic rings. The highest BCUT2D eigenvalue weighted by Gasteiger charge is 2.51. The molecule has 3 fully saturated rings. The molecule has 1 atom stereocenters. The van der Waals surface area contributed by atoms with Gasteiger partial charge in [0.2, 0.25) is 5.91 Å². The molecule has 160 valence electrons. The van der Waals surface area contributed by atoms with Gasteiger partial charge in [0.05, 0.1) is 17.1 Å². The van der Waals surface area contributed by atoms with E-state index in [0.29, 0.717) is 51.3 Å². The monoisotopic (exact) mass is 415 g/mol. The third-order valence-corrected chi connectivity index (χ3v) is 6.71. The molecule has 29 heavy (non-hydrogen) atoms. The number of hydrogen-bond donors (Lipinski definition) is 1. The minimum absolute atomic E-state index is 0.0102. The molecule has 2 aliphatic heterocycles. The normalized spacial score (nSPS) is 31.0.